The lowest BCUT2D eigenvalue weighted by Crippen LogP contribution is -2.45. The van der Waals surface area contributed by atoms with Crippen molar-refractivity contribution in [3.63, 3.8) is 0 Å². The van der Waals surface area contributed by atoms with Crippen molar-refractivity contribution in [2.24, 2.45) is 16.7 Å². The topological polar surface area (TPSA) is 17.1 Å². The standard InChI is InChI=1S/C12H20O/c1-9-6-8-12(3)10(13)5-4-7-11(9,12)2/h9H,4-8H2,1-3H3/t9?,11-,12+/m1/s1. The van der Waals surface area contributed by atoms with Gasteiger partial charge in [-0.2, -0.15) is 0 Å². The van der Waals surface area contributed by atoms with Crippen molar-refractivity contribution >= 4 is 5.78 Å². The number of hydrogen-bond donors (Lipinski definition) is 0. The van der Waals surface area contributed by atoms with Crippen molar-refractivity contribution in [3.05, 3.63) is 0 Å². The summed E-state index contributed by atoms with van der Waals surface area (Å²) in [6, 6.07) is 0. The van der Waals surface area contributed by atoms with E-state index < -0.39 is 0 Å². The molecule has 2 fully saturated rings. The SMILES string of the molecule is CC1CC[C@@]2(C)C(=O)CCC[C@]12C. The summed E-state index contributed by atoms with van der Waals surface area (Å²) in [5.41, 5.74) is 0.326. The van der Waals surface area contributed by atoms with Gasteiger partial charge in [0.15, 0.2) is 0 Å². The van der Waals surface area contributed by atoms with Crippen LogP contribution in [0.2, 0.25) is 0 Å². The van der Waals surface area contributed by atoms with Crippen LogP contribution >= 0.6 is 0 Å². The van der Waals surface area contributed by atoms with Crippen LogP contribution in [0.5, 0.6) is 0 Å². The molecule has 0 aromatic rings. The van der Waals surface area contributed by atoms with Gasteiger partial charge in [0.1, 0.15) is 5.78 Å². The summed E-state index contributed by atoms with van der Waals surface area (Å²) in [4.78, 5) is 11.9. The van der Waals surface area contributed by atoms with Gasteiger partial charge in [-0.1, -0.05) is 20.8 Å². The quantitative estimate of drug-likeness (QED) is 0.559. The lowest BCUT2D eigenvalue weighted by atomic mass is 9.57. The molecule has 1 heteroatoms. The number of rotatable bonds is 0. The summed E-state index contributed by atoms with van der Waals surface area (Å²) in [6.45, 7) is 6.86. The summed E-state index contributed by atoms with van der Waals surface area (Å²) >= 11 is 0. The van der Waals surface area contributed by atoms with Gasteiger partial charge in [-0.15, -0.1) is 0 Å². The second-order valence-electron chi connectivity index (χ2n) is 5.47. The molecule has 0 saturated heterocycles. The maximum atomic E-state index is 11.9. The van der Waals surface area contributed by atoms with Crippen LogP contribution in [0.15, 0.2) is 0 Å². The van der Waals surface area contributed by atoms with Gasteiger partial charge in [0.2, 0.25) is 0 Å². The normalized spacial score (nSPS) is 50.7. The summed E-state index contributed by atoms with van der Waals surface area (Å²) < 4.78 is 0. The Bertz CT molecular complexity index is 246. The first-order valence-electron chi connectivity index (χ1n) is 5.54. The fourth-order valence-corrected chi connectivity index (χ4v) is 3.53. The predicted molar refractivity (Wildman–Crippen MR) is 53.5 cm³/mol. The highest BCUT2D eigenvalue weighted by molar-refractivity contribution is 5.86. The van der Waals surface area contributed by atoms with Crippen LogP contribution in [0, 0.1) is 16.7 Å². The van der Waals surface area contributed by atoms with E-state index in [2.05, 4.69) is 20.8 Å². The van der Waals surface area contributed by atoms with Gasteiger partial charge in [0, 0.05) is 11.8 Å². The van der Waals surface area contributed by atoms with Crippen LogP contribution in [0.25, 0.3) is 0 Å². The van der Waals surface area contributed by atoms with Crippen LogP contribution in [0.4, 0.5) is 0 Å². The molecule has 2 saturated carbocycles. The second-order valence-corrected chi connectivity index (χ2v) is 5.47. The molecular weight excluding hydrogens is 160 g/mol. The molecule has 13 heavy (non-hydrogen) atoms. The van der Waals surface area contributed by atoms with Gasteiger partial charge in [-0.3, -0.25) is 4.79 Å². The average molecular weight is 180 g/mol. The first-order valence-corrected chi connectivity index (χ1v) is 5.54. The van der Waals surface area contributed by atoms with E-state index in [0.29, 0.717) is 11.2 Å². The monoisotopic (exact) mass is 180 g/mol. The van der Waals surface area contributed by atoms with E-state index >= 15 is 0 Å². The predicted octanol–water partition coefficient (Wildman–Crippen LogP) is 3.18. The number of carbonyl (C=O) groups excluding carboxylic acids is 1. The highest BCUT2D eigenvalue weighted by atomic mass is 16.1. The third kappa shape index (κ3) is 0.963. The molecule has 0 spiro atoms. The fraction of sp³-hybridized carbons (Fsp3) is 0.917. The number of hydrogen-bond acceptors (Lipinski definition) is 1. The number of ketones is 1. The van der Waals surface area contributed by atoms with Crippen molar-refractivity contribution in [1.29, 1.82) is 0 Å². The van der Waals surface area contributed by atoms with E-state index in [9.17, 15) is 4.79 Å². The van der Waals surface area contributed by atoms with E-state index in [4.69, 9.17) is 0 Å². The van der Waals surface area contributed by atoms with Crippen LogP contribution in [0.3, 0.4) is 0 Å². The summed E-state index contributed by atoms with van der Waals surface area (Å²) in [5.74, 6) is 1.27. The molecular formula is C12H20O. The largest absolute Gasteiger partial charge is 0.299 e. The van der Waals surface area contributed by atoms with Gasteiger partial charge < -0.3 is 0 Å². The maximum absolute atomic E-state index is 11.9. The van der Waals surface area contributed by atoms with Crippen molar-refractivity contribution in [1.82, 2.24) is 0 Å². The number of fused-ring (bicyclic) bond motifs is 1. The Morgan fingerprint density at radius 1 is 1.31 bits per heavy atom. The molecule has 3 atom stereocenters. The van der Waals surface area contributed by atoms with Gasteiger partial charge in [0.05, 0.1) is 0 Å². The van der Waals surface area contributed by atoms with E-state index in [0.717, 1.165) is 25.2 Å². The Hall–Kier alpha value is -0.330. The first kappa shape index (κ1) is 9.23. The Balaban J connectivity index is 2.40. The molecule has 0 aliphatic heterocycles. The first-order chi connectivity index (χ1) is 6.01. The Kier molecular flexibility index (Phi) is 1.84. The molecule has 1 unspecified atom stereocenters. The molecule has 0 heterocycles. The Morgan fingerprint density at radius 3 is 2.62 bits per heavy atom. The van der Waals surface area contributed by atoms with E-state index in [1.54, 1.807) is 0 Å². The highest BCUT2D eigenvalue weighted by Gasteiger charge is 2.57. The van der Waals surface area contributed by atoms with Gasteiger partial charge in [0.25, 0.3) is 0 Å². The van der Waals surface area contributed by atoms with Gasteiger partial charge >= 0.3 is 0 Å². The van der Waals surface area contributed by atoms with Crippen LogP contribution in [-0.4, -0.2) is 5.78 Å². The molecule has 0 amide bonds. The molecule has 0 N–H and O–H groups in total. The average Bonchev–Trinajstić information content (AvgIpc) is 2.31. The van der Waals surface area contributed by atoms with Crippen LogP contribution in [0.1, 0.15) is 52.9 Å². The molecule has 0 aromatic heterocycles. The van der Waals surface area contributed by atoms with E-state index in [1.165, 1.54) is 12.8 Å². The zero-order valence-electron chi connectivity index (χ0n) is 9.02. The minimum absolute atomic E-state index is 0.0185. The van der Waals surface area contributed by atoms with Crippen LogP contribution in [-0.2, 0) is 4.79 Å². The smallest absolute Gasteiger partial charge is 0.139 e. The Morgan fingerprint density at radius 2 is 2.00 bits per heavy atom. The maximum Gasteiger partial charge on any atom is 0.139 e. The molecule has 2 aliphatic carbocycles. The second kappa shape index (κ2) is 2.59. The Labute approximate surface area is 80.9 Å². The summed E-state index contributed by atoms with van der Waals surface area (Å²) in [5, 5.41) is 0. The molecule has 2 aliphatic rings. The third-order valence-electron chi connectivity index (χ3n) is 5.14. The molecule has 0 aromatic carbocycles. The van der Waals surface area contributed by atoms with Crippen LogP contribution < -0.4 is 0 Å². The number of carbonyl (C=O) groups is 1. The molecule has 1 nitrogen and oxygen atoms in total. The fourth-order valence-electron chi connectivity index (χ4n) is 3.53. The van der Waals surface area contributed by atoms with Crippen molar-refractivity contribution < 1.29 is 4.79 Å². The van der Waals surface area contributed by atoms with Gasteiger partial charge in [-0.25, -0.2) is 0 Å². The summed E-state index contributed by atoms with van der Waals surface area (Å²) in [7, 11) is 0. The number of Topliss-reactive ketones (excluding diaryl/α,β-unsaturated/α-hetero) is 1. The molecule has 0 radical (unpaired) electrons. The molecule has 0 bridgehead atoms. The van der Waals surface area contributed by atoms with Crippen molar-refractivity contribution in [2.45, 2.75) is 52.9 Å². The van der Waals surface area contributed by atoms with E-state index in [1.807, 2.05) is 0 Å². The molecule has 74 valence electrons. The highest BCUT2D eigenvalue weighted by Crippen LogP contribution is 2.61. The van der Waals surface area contributed by atoms with Crippen molar-refractivity contribution in [3.8, 4) is 0 Å². The third-order valence-corrected chi connectivity index (χ3v) is 5.14. The zero-order chi connectivity index (χ0) is 9.69. The summed E-state index contributed by atoms with van der Waals surface area (Å²) in [6.07, 6.45) is 5.59. The minimum atomic E-state index is 0.0185. The zero-order valence-corrected chi connectivity index (χ0v) is 9.02. The minimum Gasteiger partial charge on any atom is -0.299 e. The lowest BCUT2D eigenvalue weighted by molar-refractivity contribution is -0.138. The lowest BCUT2D eigenvalue weighted by Gasteiger charge is -2.46. The molecule has 2 rings (SSSR count). The van der Waals surface area contributed by atoms with Crippen molar-refractivity contribution in [2.75, 3.05) is 0 Å². The van der Waals surface area contributed by atoms with E-state index in [-0.39, 0.29) is 5.41 Å². The van der Waals surface area contributed by atoms with Gasteiger partial charge in [-0.05, 0) is 37.0 Å².